The molecule has 5 aliphatic rings. The Kier molecular flexibility index (Phi) is 5.15. The SMILES string of the molecule is C[C@]12C=CC(=O)C=C1CC[C@@H]1[C@@H]2[C@@H](O)C[C@@]2(C)[C@H]1C[C@H]1CN(Cc3cccs3)O[C@]12C(=O)CO. The molecular formula is C27H33NO5S. The summed E-state index contributed by atoms with van der Waals surface area (Å²) in [6.45, 7) is 5.00. The molecule has 2 heterocycles. The van der Waals surface area contributed by atoms with Crippen LogP contribution in [0.3, 0.4) is 0 Å². The zero-order valence-corrected chi connectivity index (χ0v) is 20.6. The zero-order valence-electron chi connectivity index (χ0n) is 19.8. The molecule has 0 spiro atoms. The van der Waals surface area contributed by atoms with Crippen molar-refractivity contribution in [2.75, 3.05) is 13.2 Å². The quantitative estimate of drug-likeness (QED) is 0.683. The molecule has 3 saturated carbocycles. The van der Waals surface area contributed by atoms with Gasteiger partial charge in [0.25, 0.3) is 0 Å². The monoisotopic (exact) mass is 483 g/mol. The van der Waals surface area contributed by atoms with E-state index in [2.05, 4.69) is 19.9 Å². The number of aliphatic hydroxyl groups excluding tert-OH is 2. The zero-order chi connectivity index (χ0) is 23.9. The molecular weight excluding hydrogens is 450 g/mol. The second-order valence-corrected chi connectivity index (χ2v) is 12.5. The minimum Gasteiger partial charge on any atom is -0.393 e. The lowest BCUT2D eigenvalue weighted by Crippen LogP contribution is -2.63. The normalized spacial score (nSPS) is 45.4. The van der Waals surface area contributed by atoms with Gasteiger partial charge in [-0.05, 0) is 61.1 Å². The molecule has 7 heteroatoms. The van der Waals surface area contributed by atoms with Crippen LogP contribution in [0, 0.1) is 34.5 Å². The number of fused-ring (bicyclic) bond motifs is 7. The molecule has 2 N–H and O–H groups in total. The molecule has 34 heavy (non-hydrogen) atoms. The highest BCUT2D eigenvalue weighted by molar-refractivity contribution is 7.09. The lowest BCUT2D eigenvalue weighted by atomic mass is 9.46. The highest BCUT2D eigenvalue weighted by atomic mass is 32.1. The summed E-state index contributed by atoms with van der Waals surface area (Å²) in [4.78, 5) is 33.3. The number of carbonyl (C=O) groups excluding carboxylic acids is 2. The van der Waals surface area contributed by atoms with Crippen LogP contribution in [0.2, 0.25) is 0 Å². The summed E-state index contributed by atoms with van der Waals surface area (Å²) in [5.74, 6) is 0.223. The summed E-state index contributed by atoms with van der Waals surface area (Å²) in [5.41, 5.74) is -0.879. The highest BCUT2D eigenvalue weighted by Gasteiger charge is 2.75. The maximum atomic E-state index is 13.5. The number of ketones is 2. The fourth-order valence-electron chi connectivity index (χ4n) is 8.73. The van der Waals surface area contributed by atoms with Crippen LogP contribution in [0.25, 0.3) is 0 Å². The number of Topliss-reactive ketones (excluding diaryl/α,β-unsaturated/α-hetero) is 1. The lowest BCUT2D eigenvalue weighted by molar-refractivity contribution is -0.254. The maximum absolute atomic E-state index is 13.5. The number of rotatable bonds is 4. The Morgan fingerprint density at radius 3 is 2.91 bits per heavy atom. The Hall–Kier alpha value is -1.64. The molecule has 182 valence electrons. The first-order chi connectivity index (χ1) is 16.2. The first-order valence-corrected chi connectivity index (χ1v) is 13.3. The fraction of sp³-hybridized carbons (Fsp3) is 0.630. The van der Waals surface area contributed by atoms with Crippen LogP contribution in [0.4, 0.5) is 0 Å². The van der Waals surface area contributed by atoms with Crippen molar-refractivity contribution < 1.29 is 24.6 Å². The number of hydrogen-bond donors (Lipinski definition) is 2. The standard InChI is InChI=1S/C27H33NO5S/c1-25-8-7-18(30)10-16(25)5-6-20-21-11-17-13-28(14-19-4-3-9-34-19)33-27(17,23(32)15-29)26(21,2)12-22(31)24(20)25/h3-4,7-10,17,20-22,24,29,31H,5-6,11-15H2,1-2H3/t17-,20-,21-,22-,24+,25-,26-,27-/m0/s1. The van der Waals surface area contributed by atoms with E-state index < -0.39 is 23.7 Å². The molecule has 0 bridgehead atoms. The van der Waals surface area contributed by atoms with Crippen molar-refractivity contribution >= 4 is 22.9 Å². The summed E-state index contributed by atoms with van der Waals surface area (Å²) in [7, 11) is 0. The largest absolute Gasteiger partial charge is 0.393 e. The molecule has 1 aromatic rings. The Bertz CT molecular complexity index is 1080. The minimum absolute atomic E-state index is 0.0113. The number of nitrogens with zero attached hydrogens (tertiary/aromatic N) is 1. The third kappa shape index (κ3) is 2.88. The fourth-order valence-corrected chi connectivity index (χ4v) is 9.44. The topological polar surface area (TPSA) is 87.1 Å². The van der Waals surface area contributed by atoms with E-state index in [1.54, 1.807) is 23.5 Å². The molecule has 1 aliphatic heterocycles. The number of carbonyl (C=O) groups is 2. The van der Waals surface area contributed by atoms with Crippen LogP contribution >= 0.6 is 11.3 Å². The van der Waals surface area contributed by atoms with Crippen LogP contribution in [0.1, 0.15) is 44.4 Å². The van der Waals surface area contributed by atoms with E-state index in [0.29, 0.717) is 19.5 Å². The van der Waals surface area contributed by atoms with Gasteiger partial charge in [0.1, 0.15) is 6.61 Å². The second-order valence-electron chi connectivity index (χ2n) is 11.5. The Balaban J connectivity index is 1.37. The number of thiophene rings is 1. The molecule has 1 saturated heterocycles. The van der Waals surface area contributed by atoms with Crippen molar-refractivity contribution in [1.29, 1.82) is 0 Å². The van der Waals surface area contributed by atoms with Crippen molar-refractivity contribution in [2.24, 2.45) is 34.5 Å². The summed E-state index contributed by atoms with van der Waals surface area (Å²) < 4.78 is 0. The van der Waals surface area contributed by atoms with Crippen LogP contribution in [-0.2, 0) is 21.0 Å². The molecule has 8 atom stereocenters. The van der Waals surface area contributed by atoms with Gasteiger partial charge in [-0.2, -0.15) is 5.06 Å². The summed E-state index contributed by atoms with van der Waals surface area (Å²) >= 11 is 1.67. The van der Waals surface area contributed by atoms with E-state index in [0.717, 1.165) is 24.8 Å². The molecule has 0 radical (unpaired) electrons. The Labute approximate surface area is 204 Å². The van der Waals surface area contributed by atoms with Gasteiger partial charge in [0.2, 0.25) is 0 Å². The second kappa shape index (κ2) is 7.68. The van der Waals surface area contributed by atoms with E-state index in [1.165, 1.54) is 4.88 Å². The summed E-state index contributed by atoms with van der Waals surface area (Å²) in [6.07, 6.45) is 7.86. The molecule has 6 rings (SSSR count). The van der Waals surface area contributed by atoms with Crippen LogP contribution in [-0.4, -0.2) is 51.7 Å². The third-order valence-corrected chi connectivity index (χ3v) is 10.9. The van der Waals surface area contributed by atoms with Gasteiger partial charge in [-0.25, -0.2) is 0 Å². The average molecular weight is 484 g/mol. The minimum atomic E-state index is -1.11. The maximum Gasteiger partial charge on any atom is 0.192 e. The van der Waals surface area contributed by atoms with Crippen molar-refractivity contribution in [1.82, 2.24) is 5.06 Å². The predicted octanol–water partition coefficient (Wildman–Crippen LogP) is 3.30. The van der Waals surface area contributed by atoms with E-state index in [4.69, 9.17) is 4.84 Å². The van der Waals surface area contributed by atoms with E-state index in [1.807, 2.05) is 22.6 Å². The predicted molar refractivity (Wildman–Crippen MR) is 128 cm³/mol. The van der Waals surface area contributed by atoms with Crippen LogP contribution < -0.4 is 0 Å². The van der Waals surface area contributed by atoms with Crippen LogP contribution in [0.5, 0.6) is 0 Å². The highest BCUT2D eigenvalue weighted by Crippen LogP contribution is 2.70. The van der Waals surface area contributed by atoms with Gasteiger partial charge in [0.15, 0.2) is 17.2 Å². The molecule has 6 nitrogen and oxygen atoms in total. The molecule has 1 aromatic heterocycles. The molecule has 4 fully saturated rings. The van der Waals surface area contributed by atoms with Crippen molar-refractivity contribution in [3.05, 3.63) is 46.2 Å². The van der Waals surface area contributed by atoms with Crippen molar-refractivity contribution in [2.45, 2.75) is 57.8 Å². The van der Waals surface area contributed by atoms with Gasteiger partial charge in [-0.1, -0.05) is 31.6 Å². The van der Waals surface area contributed by atoms with Gasteiger partial charge in [-0.15, -0.1) is 11.3 Å². The van der Waals surface area contributed by atoms with Gasteiger partial charge in [-0.3, -0.25) is 14.4 Å². The first-order valence-electron chi connectivity index (χ1n) is 12.5. The van der Waals surface area contributed by atoms with E-state index in [-0.39, 0.29) is 40.7 Å². The van der Waals surface area contributed by atoms with E-state index in [9.17, 15) is 19.8 Å². The molecule has 4 aliphatic carbocycles. The molecule has 0 unspecified atom stereocenters. The summed E-state index contributed by atoms with van der Waals surface area (Å²) in [6, 6.07) is 4.08. The van der Waals surface area contributed by atoms with Crippen molar-refractivity contribution in [3.63, 3.8) is 0 Å². The average Bonchev–Trinajstić information content (AvgIpc) is 3.49. The third-order valence-electron chi connectivity index (χ3n) is 10.0. The lowest BCUT2D eigenvalue weighted by Gasteiger charge is -2.59. The first kappa shape index (κ1) is 22.8. The smallest absolute Gasteiger partial charge is 0.192 e. The van der Waals surface area contributed by atoms with Gasteiger partial charge in [0, 0.05) is 34.1 Å². The molecule has 0 amide bonds. The Morgan fingerprint density at radius 1 is 1.35 bits per heavy atom. The summed E-state index contributed by atoms with van der Waals surface area (Å²) in [5, 5.41) is 25.7. The Morgan fingerprint density at radius 2 is 2.18 bits per heavy atom. The van der Waals surface area contributed by atoms with Gasteiger partial charge < -0.3 is 10.2 Å². The van der Waals surface area contributed by atoms with Gasteiger partial charge in [0.05, 0.1) is 12.6 Å². The van der Waals surface area contributed by atoms with E-state index >= 15 is 0 Å². The van der Waals surface area contributed by atoms with Gasteiger partial charge >= 0.3 is 0 Å². The number of aliphatic hydroxyl groups is 2. The number of hydrogen-bond acceptors (Lipinski definition) is 7. The molecule has 0 aromatic carbocycles. The number of allylic oxidation sites excluding steroid dienone is 4. The van der Waals surface area contributed by atoms with Crippen LogP contribution in [0.15, 0.2) is 41.3 Å². The number of hydroxylamine groups is 2. The van der Waals surface area contributed by atoms with Crippen molar-refractivity contribution in [3.8, 4) is 0 Å².